The summed E-state index contributed by atoms with van der Waals surface area (Å²) in [5.74, 6) is 1.74. The number of nitrogens with zero attached hydrogens (tertiary/aromatic N) is 4. The Labute approximate surface area is 200 Å². The Hall–Kier alpha value is -2.67. The van der Waals surface area contributed by atoms with Gasteiger partial charge >= 0.3 is 0 Å². The molecule has 5 atom stereocenters. The molecule has 1 N–H and O–H groups in total. The molecule has 2 bridgehead atoms. The number of fused-ring (bicyclic) bond motifs is 7. The highest BCUT2D eigenvalue weighted by atomic mass is 16.2. The summed E-state index contributed by atoms with van der Waals surface area (Å²) < 4.78 is 0. The molecule has 1 aliphatic carbocycles. The van der Waals surface area contributed by atoms with Crippen molar-refractivity contribution in [3.8, 4) is 0 Å². The predicted octanol–water partition coefficient (Wildman–Crippen LogP) is 3.34. The monoisotopic (exact) mass is 459 g/mol. The number of amides is 2. The van der Waals surface area contributed by atoms with Crippen LogP contribution in [-0.4, -0.2) is 70.1 Å². The molecule has 7 heteroatoms. The molecule has 7 nitrogen and oxygen atoms in total. The van der Waals surface area contributed by atoms with Gasteiger partial charge in [0.05, 0.1) is 17.5 Å². The van der Waals surface area contributed by atoms with Crippen molar-refractivity contribution in [2.75, 3.05) is 31.1 Å². The summed E-state index contributed by atoms with van der Waals surface area (Å²) in [6, 6.07) is 8.80. The first-order valence-electron chi connectivity index (χ1n) is 13.2. The summed E-state index contributed by atoms with van der Waals surface area (Å²) in [7, 11) is 0. The zero-order valence-corrected chi connectivity index (χ0v) is 19.7. The van der Waals surface area contributed by atoms with Crippen molar-refractivity contribution in [3.05, 3.63) is 35.9 Å². The van der Waals surface area contributed by atoms with E-state index in [0.29, 0.717) is 30.2 Å². The summed E-state index contributed by atoms with van der Waals surface area (Å²) in [4.78, 5) is 33.5. The maximum atomic E-state index is 13.9. The van der Waals surface area contributed by atoms with Gasteiger partial charge in [-0.1, -0.05) is 30.2 Å². The van der Waals surface area contributed by atoms with Crippen LogP contribution in [0.4, 0.5) is 5.82 Å². The summed E-state index contributed by atoms with van der Waals surface area (Å²) in [5, 5.41) is 8.38. The standard InChI is InChI=1S/C27H33N5O2/c33-24-14-20(16-32(24)26-21-7-1-2-8-22(21)28-29-26)27(34)31-11-5-6-17-12-18-13-19(25(17)31)15-30-10-4-3-9-23(18)30/h1-2,7-8,12,18-20,23,25H,3-6,9-11,13-16H2,(H,28,29)/t18?,19?,20?,23-,25-/m1/s1. The van der Waals surface area contributed by atoms with Crippen LogP contribution in [0.2, 0.25) is 0 Å². The van der Waals surface area contributed by atoms with Crippen LogP contribution in [0.25, 0.3) is 10.9 Å². The third kappa shape index (κ3) is 3.16. The molecule has 5 heterocycles. The van der Waals surface area contributed by atoms with Crippen molar-refractivity contribution in [1.29, 1.82) is 0 Å². The fraction of sp³-hybridized carbons (Fsp3) is 0.593. The van der Waals surface area contributed by atoms with Gasteiger partial charge in [-0.05, 0) is 62.6 Å². The Morgan fingerprint density at radius 2 is 2.00 bits per heavy atom. The minimum absolute atomic E-state index is 0.000844. The molecule has 0 saturated carbocycles. The van der Waals surface area contributed by atoms with E-state index in [-0.39, 0.29) is 30.2 Å². The van der Waals surface area contributed by atoms with Crippen molar-refractivity contribution in [1.82, 2.24) is 20.0 Å². The van der Waals surface area contributed by atoms with Crippen molar-refractivity contribution < 1.29 is 9.59 Å². The van der Waals surface area contributed by atoms with E-state index in [0.717, 1.165) is 36.8 Å². The first kappa shape index (κ1) is 20.7. The number of aromatic amines is 1. The second kappa shape index (κ2) is 7.94. The van der Waals surface area contributed by atoms with E-state index in [1.807, 2.05) is 24.3 Å². The molecule has 1 aromatic carbocycles. The van der Waals surface area contributed by atoms with Crippen LogP contribution in [0.1, 0.15) is 44.9 Å². The van der Waals surface area contributed by atoms with Gasteiger partial charge in [0.25, 0.3) is 0 Å². The Balaban J connectivity index is 1.14. The van der Waals surface area contributed by atoms with Crippen molar-refractivity contribution in [2.24, 2.45) is 17.8 Å². The molecule has 178 valence electrons. The van der Waals surface area contributed by atoms with Crippen LogP contribution in [0.3, 0.4) is 0 Å². The Morgan fingerprint density at radius 1 is 1.09 bits per heavy atom. The molecular formula is C27H33N5O2. The van der Waals surface area contributed by atoms with E-state index in [2.05, 4.69) is 26.1 Å². The molecule has 3 unspecified atom stereocenters. The van der Waals surface area contributed by atoms with Crippen LogP contribution in [0.5, 0.6) is 0 Å². The number of carbonyl (C=O) groups is 2. The van der Waals surface area contributed by atoms with E-state index in [9.17, 15) is 9.59 Å². The van der Waals surface area contributed by atoms with E-state index >= 15 is 0 Å². The van der Waals surface area contributed by atoms with E-state index in [1.54, 1.807) is 4.90 Å². The number of hydrogen-bond donors (Lipinski definition) is 1. The maximum Gasteiger partial charge on any atom is 0.229 e. The average molecular weight is 460 g/mol. The summed E-state index contributed by atoms with van der Waals surface area (Å²) in [6.07, 6.45) is 10.2. The second-order valence-electron chi connectivity index (χ2n) is 11.0. The van der Waals surface area contributed by atoms with Crippen LogP contribution in [0, 0.1) is 17.8 Å². The number of benzene rings is 1. The van der Waals surface area contributed by atoms with E-state index < -0.39 is 0 Å². The molecule has 7 rings (SSSR count). The summed E-state index contributed by atoms with van der Waals surface area (Å²) >= 11 is 0. The maximum absolute atomic E-state index is 13.9. The SMILES string of the molecule is O=C1CC(C(=O)N2CCCC3=CC4CC(CN5CCCC[C@H]45)[C@@H]32)CN1c1n[nH]c2ccccc12. The zero-order chi connectivity index (χ0) is 22.8. The summed E-state index contributed by atoms with van der Waals surface area (Å²) in [5.41, 5.74) is 2.42. The van der Waals surface area contributed by atoms with Gasteiger partial charge in [0.15, 0.2) is 5.82 Å². The fourth-order valence-corrected chi connectivity index (χ4v) is 7.69. The molecule has 1 aromatic heterocycles. The molecule has 4 fully saturated rings. The van der Waals surface area contributed by atoms with Gasteiger partial charge in [-0.25, -0.2) is 0 Å². The number of H-pyrrole nitrogens is 1. The van der Waals surface area contributed by atoms with Gasteiger partial charge < -0.3 is 4.90 Å². The van der Waals surface area contributed by atoms with E-state index in [1.165, 1.54) is 37.8 Å². The summed E-state index contributed by atoms with van der Waals surface area (Å²) in [6.45, 7) is 3.59. The molecule has 4 saturated heterocycles. The number of aromatic nitrogens is 2. The molecule has 2 amide bonds. The van der Waals surface area contributed by atoms with Crippen LogP contribution in [0.15, 0.2) is 35.9 Å². The highest BCUT2D eigenvalue weighted by Crippen LogP contribution is 2.45. The molecule has 2 aromatic rings. The topological polar surface area (TPSA) is 72.5 Å². The molecule has 34 heavy (non-hydrogen) atoms. The van der Waals surface area contributed by atoms with Crippen molar-refractivity contribution in [3.63, 3.8) is 0 Å². The fourth-order valence-electron chi connectivity index (χ4n) is 7.69. The van der Waals surface area contributed by atoms with Gasteiger partial charge in [0, 0.05) is 37.5 Å². The molecular weight excluding hydrogens is 426 g/mol. The minimum atomic E-state index is -0.286. The van der Waals surface area contributed by atoms with Gasteiger partial charge in [0.2, 0.25) is 11.8 Å². The first-order chi connectivity index (χ1) is 16.7. The molecule has 0 spiro atoms. The smallest absolute Gasteiger partial charge is 0.229 e. The average Bonchev–Trinajstić information content (AvgIpc) is 3.46. The lowest BCUT2D eigenvalue weighted by molar-refractivity contribution is -0.140. The number of nitrogens with one attached hydrogen (secondary N) is 1. The largest absolute Gasteiger partial charge is 0.335 e. The number of carbonyl (C=O) groups excluding carboxylic acids is 2. The number of rotatable bonds is 2. The van der Waals surface area contributed by atoms with Crippen molar-refractivity contribution in [2.45, 2.75) is 57.0 Å². The van der Waals surface area contributed by atoms with Gasteiger partial charge in [-0.3, -0.25) is 24.5 Å². The second-order valence-corrected chi connectivity index (χ2v) is 11.0. The van der Waals surface area contributed by atoms with Crippen LogP contribution in [-0.2, 0) is 9.59 Å². The van der Waals surface area contributed by atoms with Gasteiger partial charge in [0.1, 0.15) is 0 Å². The third-order valence-corrected chi connectivity index (χ3v) is 9.12. The van der Waals surface area contributed by atoms with Crippen LogP contribution >= 0.6 is 0 Å². The predicted molar refractivity (Wildman–Crippen MR) is 130 cm³/mol. The number of likely N-dealkylation sites (tertiary alicyclic amines) is 1. The highest BCUT2D eigenvalue weighted by molar-refractivity contribution is 6.05. The number of anilines is 1. The highest BCUT2D eigenvalue weighted by Gasteiger charge is 2.48. The Bertz CT molecular complexity index is 1170. The molecule has 4 aliphatic heterocycles. The van der Waals surface area contributed by atoms with Crippen LogP contribution < -0.4 is 4.90 Å². The lowest BCUT2D eigenvalue weighted by atomic mass is 9.68. The minimum Gasteiger partial charge on any atom is -0.335 e. The van der Waals surface area contributed by atoms with E-state index in [4.69, 9.17) is 0 Å². The van der Waals surface area contributed by atoms with Gasteiger partial charge in [-0.15, -0.1) is 0 Å². The molecule has 0 radical (unpaired) electrons. The van der Waals surface area contributed by atoms with Gasteiger partial charge in [-0.2, -0.15) is 5.10 Å². The number of piperidine rings is 3. The Kier molecular flexibility index (Phi) is 4.83. The number of para-hydroxylation sites is 1. The quantitative estimate of drug-likeness (QED) is 0.700. The lowest BCUT2D eigenvalue weighted by Crippen LogP contribution is -2.60. The third-order valence-electron chi connectivity index (χ3n) is 9.12. The lowest BCUT2D eigenvalue weighted by Gasteiger charge is -2.55. The zero-order valence-electron chi connectivity index (χ0n) is 19.7. The molecule has 5 aliphatic rings. The Morgan fingerprint density at radius 3 is 2.94 bits per heavy atom. The number of hydrogen-bond acceptors (Lipinski definition) is 4. The van der Waals surface area contributed by atoms with Crippen molar-refractivity contribution >= 4 is 28.5 Å². The first-order valence-corrected chi connectivity index (χ1v) is 13.2. The normalized spacial score (nSPS) is 33.6.